The van der Waals surface area contributed by atoms with Gasteiger partial charge < -0.3 is 11.1 Å². The second-order valence-corrected chi connectivity index (χ2v) is 5.37. The SMILES string of the molecule is C[C@](C#N)(NC(=O)CSc1n[nH]c(N)n1)C1CC1. The lowest BCUT2D eigenvalue weighted by atomic mass is 9.98. The number of carbonyl (C=O) groups excluding carboxylic acids is 1. The normalized spacial score (nSPS) is 17.8. The summed E-state index contributed by atoms with van der Waals surface area (Å²) in [7, 11) is 0. The lowest BCUT2D eigenvalue weighted by Crippen LogP contribution is -2.47. The number of nitrogens with two attached hydrogens (primary N) is 1. The summed E-state index contributed by atoms with van der Waals surface area (Å²) in [5, 5.41) is 18.6. The number of thioether (sulfide) groups is 1. The highest BCUT2D eigenvalue weighted by molar-refractivity contribution is 7.99. The van der Waals surface area contributed by atoms with Crippen LogP contribution in [-0.2, 0) is 4.79 Å². The predicted molar refractivity (Wildman–Crippen MR) is 66.4 cm³/mol. The van der Waals surface area contributed by atoms with Gasteiger partial charge in [-0.15, -0.1) is 5.10 Å². The van der Waals surface area contributed by atoms with Gasteiger partial charge in [-0.1, -0.05) is 11.8 Å². The van der Waals surface area contributed by atoms with E-state index in [0.29, 0.717) is 5.16 Å². The summed E-state index contributed by atoms with van der Waals surface area (Å²) in [6, 6.07) is 2.17. The topological polar surface area (TPSA) is 120 Å². The fraction of sp³-hybridized carbons (Fsp3) is 0.600. The first-order valence-corrected chi connectivity index (χ1v) is 6.55. The third kappa shape index (κ3) is 2.92. The quantitative estimate of drug-likeness (QED) is 0.659. The molecule has 2 rings (SSSR count). The van der Waals surface area contributed by atoms with E-state index in [1.54, 1.807) is 6.92 Å². The minimum Gasteiger partial charge on any atom is -0.368 e. The third-order valence-electron chi connectivity index (χ3n) is 2.84. The molecule has 96 valence electrons. The molecule has 18 heavy (non-hydrogen) atoms. The Bertz CT molecular complexity index is 491. The number of H-pyrrole nitrogens is 1. The molecule has 1 atom stereocenters. The molecule has 0 saturated heterocycles. The highest BCUT2D eigenvalue weighted by atomic mass is 32.2. The van der Waals surface area contributed by atoms with Crippen LogP contribution < -0.4 is 11.1 Å². The Labute approximate surface area is 109 Å². The fourth-order valence-electron chi connectivity index (χ4n) is 1.66. The Morgan fingerprint density at radius 1 is 1.78 bits per heavy atom. The largest absolute Gasteiger partial charge is 0.368 e. The number of carbonyl (C=O) groups is 1. The van der Waals surface area contributed by atoms with Gasteiger partial charge in [-0.2, -0.15) is 10.2 Å². The molecule has 8 heteroatoms. The van der Waals surface area contributed by atoms with Crippen molar-refractivity contribution in [1.29, 1.82) is 5.26 Å². The fourth-order valence-corrected chi connectivity index (χ4v) is 2.27. The van der Waals surface area contributed by atoms with Crippen molar-refractivity contribution < 1.29 is 4.79 Å². The Morgan fingerprint density at radius 3 is 3.00 bits per heavy atom. The zero-order chi connectivity index (χ0) is 13.2. The van der Waals surface area contributed by atoms with Gasteiger partial charge in [0, 0.05) is 0 Å². The van der Waals surface area contributed by atoms with Gasteiger partial charge in [0.25, 0.3) is 0 Å². The zero-order valence-corrected chi connectivity index (χ0v) is 10.8. The number of nitrogens with zero attached hydrogens (tertiary/aromatic N) is 3. The Balaban J connectivity index is 1.83. The standard InChI is InChI=1S/C10H14N6OS/c1-10(5-11,6-2-3-6)14-7(17)4-18-9-13-8(12)15-16-9/h6H,2-4H2,1H3,(H,14,17)(H3,12,13,15,16)/t10-/m1/s1. The summed E-state index contributed by atoms with van der Waals surface area (Å²) in [5.74, 6) is 0.467. The smallest absolute Gasteiger partial charge is 0.231 e. The van der Waals surface area contributed by atoms with E-state index < -0.39 is 5.54 Å². The summed E-state index contributed by atoms with van der Waals surface area (Å²) in [6.07, 6.45) is 1.99. The Kier molecular flexibility index (Phi) is 3.43. The van der Waals surface area contributed by atoms with Crippen LogP contribution in [0, 0.1) is 17.2 Å². The number of anilines is 1. The predicted octanol–water partition coefficient (Wildman–Crippen LogP) is 0.287. The van der Waals surface area contributed by atoms with Crippen LogP contribution in [0.1, 0.15) is 19.8 Å². The number of rotatable bonds is 5. The van der Waals surface area contributed by atoms with Crippen LogP contribution in [-0.4, -0.2) is 32.4 Å². The Morgan fingerprint density at radius 2 is 2.50 bits per heavy atom. The number of nitrogens with one attached hydrogen (secondary N) is 2. The maximum absolute atomic E-state index is 11.7. The number of nitrogen functional groups attached to an aromatic ring is 1. The van der Waals surface area contributed by atoms with E-state index in [0.717, 1.165) is 12.8 Å². The molecule has 0 aromatic carbocycles. The van der Waals surface area contributed by atoms with Gasteiger partial charge >= 0.3 is 0 Å². The average Bonchev–Trinajstić information content (AvgIpc) is 3.11. The number of amides is 1. The van der Waals surface area contributed by atoms with Gasteiger partial charge in [-0.05, 0) is 25.7 Å². The molecule has 1 amide bonds. The summed E-state index contributed by atoms with van der Waals surface area (Å²) >= 11 is 1.18. The zero-order valence-electron chi connectivity index (χ0n) is 9.93. The van der Waals surface area contributed by atoms with E-state index in [-0.39, 0.29) is 23.5 Å². The second-order valence-electron chi connectivity index (χ2n) is 4.43. The first-order chi connectivity index (χ1) is 8.53. The van der Waals surface area contributed by atoms with E-state index in [9.17, 15) is 4.79 Å². The van der Waals surface area contributed by atoms with Crippen LogP contribution in [0.5, 0.6) is 0 Å². The molecule has 4 N–H and O–H groups in total. The van der Waals surface area contributed by atoms with E-state index in [1.165, 1.54) is 11.8 Å². The van der Waals surface area contributed by atoms with Crippen molar-refractivity contribution in [3.05, 3.63) is 0 Å². The van der Waals surface area contributed by atoms with Crippen molar-refractivity contribution in [1.82, 2.24) is 20.5 Å². The molecule has 1 fully saturated rings. The summed E-state index contributed by atoms with van der Waals surface area (Å²) < 4.78 is 0. The van der Waals surface area contributed by atoms with Gasteiger partial charge in [0.2, 0.25) is 17.0 Å². The first kappa shape index (κ1) is 12.7. The van der Waals surface area contributed by atoms with Gasteiger partial charge in [-0.3, -0.25) is 4.79 Å². The summed E-state index contributed by atoms with van der Waals surface area (Å²) in [4.78, 5) is 15.6. The van der Waals surface area contributed by atoms with Gasteiger partial charge in [0.15, 0.2) is 0 Å². The van der Waals surface area contributed by atoms with Crippen LogP contribution in [0.25, 0.3) is 0 Å². The molecule has 7 nitrogen and oxygen atoms in total. The molecule has 0 radical (unpaired) electrons. The molecule has 0 bridgehead atoms. The minimum atomic E-state index is -0.754. The van der Waals surface area contributed by atoms with Gasteiger partial charge in [-0.25, -0.2) is 5.10 Å². The second kappa shape index (κ2) is 4.86. The Hall–Kier alpha value is -1.75. The molecule has 1 aliphatic carbocycles. The van der Waals surface area contributed by atoms with Crippen molar-refractivity contribution in [2.24, 2.45) is 5.92 Å². The van der Waals surface area contributed by atoms with Gasteiger partial charge in [0.1, 0.15) is 5.54 Å². The first-order valence-electron chi connectivity index (χ1n) is 5.56. The molecule has 0 aliphatic heterocycles. The number of nitriles is 1. The lowest BCUT2D eigenvalue weighted by Gasteiger charge is -2.22. The van der Waals surface area contributed by atoms with E-state index in [1.807, 2.05) is 0 Å². The molecule has 1 aliphatic rings. The maximum Gasteiger partial charge on any atom is 0.231 e. The highest BCUT2D eigenvalue weighted by Crippen LogP contribution is 2.39. The molecule has 1 aromatic rings. The minimum absolute atomic E-state index is 0.168. The van der Waals surface area contributed by atoms with Crippen LogP contribution in [0.3, 0.4) is 0 Å². The molecule has 0 unspecified atom stereocenters. The van der Waals surface area contributed by atoms with E-state index in [4.69, 9.17) is 11.0 Å². The summed E-state index contributed by atoms with van der Waals surface area (Å²) in [5.41, 5.74) is 4.62. The van der Waals surface area contributed by atoms with Crippen molar-refractivity contribution in [3.8, 4) is 6.07 Å². The van der Waals surface area contributed by atoms with Crippen molar-refractivity contribution >= 4 is 23.6 Å². The maximum atomic E-state index is 11.7. The van der Waals surface area contributed by atoms with Crippen molar-refractivity contribution in [2.45, 2.75) is 30.5 Å². The lowest BCUT2D eigenvalue weighted by molar-refractivity contribution is -0.119. The van der Waals surface area contributed by atoms with Crippen LogP contribution in [0.2, 0.25) is 0 Å². The van der Waals surface area contributed by atoms with Crippen LogP contribution >= 0.6 is 11.8 Å². The molecular formula is C10H14N6OS. The highest BCUT2D eigenvalue weighted by Gasteiger charge is 2.42. The van der Waals surface area contributed by atoms with E-state index >= 15 is 0 Å². The van der Waals surface area contributed by atoms with Crippen LogP contribution in [0.15, 0.2) is 5.16 Å². The van der Waals surface area contributed by atoms with E-state index in [2.05, 4.69) is 26.6 Å². The van der Waals surface area contributed by atoms with Gasteiger partial charge in [0.05, 0.1) is 11.8 Å². The number of hydrogen-bond donors (Lipinski definition) is 3. The average molecular weight is 266 g/mol. The van der Waals surface area contributed by atoms with Crippen molar-refractivity contribution in [3.63, 3.8) is 0 Å². The molecular weight excluding hydrogens is 252 g/mol. The molecule has 1 saturated carbocycles. The van der Waals surface area contributed by atoms with Crippen molar-refractivity contribution in [2.75, 3.05) is 11.5 Å². The number of hydrogen-bond acceptors (Lipinski definition) is 6. The monoisotopic (exact) mass is 266 g/mol. The number of aromatic nitrogens is 3. The van der Waals surface area contributed by atoms with Crippen LogP contribution in [0.4, 0.5) is 5.95 Å². The third-order valence-corrected chi connectivity index (χ3v) is 3.69. The molecule has 0 spiro atoms. The molecule has 1 heterocycles. The number of aromatic amines is 1. The summed E-state index contributed by atoms with van der Waals surface area (Å²) in [6.45, 7) is 1.76. The molecule has 1 aromatic heterocycles.